The summed E-state index contributed by atoms with van der Waals surface area (Å²) in [5.41, 5.74) is 0.950. The monoisotopic (exact) mass is 471 g/mol. The number of likely N-dealkylation sites (tertiary alicyclic amines) is 1. The number of fused-ring (bicyclic) bond motifs is 1. The number of aliphatic imine (C=N–C) groups is 1. The van der Waals surface area contributed by atoms with Gasteiger partial charge in [-0.25, -0.2) is 0 Å². The van der Waals surface area contributed by atoms with Gasteiger partial charge in [0.05, 0.1) is 6.10 Å². The van der Waals surface area contributed by atoms with Crippen molar-refractivity contribution in [3.8, 4) is 0 Å². The summed E-state index contributed by atoms with van der Waals surface area (Å²) in [5, 5.41) is 4.58. The van der Waals surface area contributed by atoms with E-state index in [1.807, 2.05) is 18.2 Å². The SMILES string of the molecule is CCNC(=NCCc1cc2ccccc2o1)N1CCC(OCC)CC1.I. The van der Waals surface area contributed by atoms with E-state index in [0.717, 1.165) is 74.7 Å². The van der Waals surface area contributed by atoms with Crippen LogP contribution < -0.4 is 5.32 Å². The van der Waals surface area contributed by atoms with E-state index in [4.69, 9.17) is 14.1 Å². The minimum Gasteiger partial charge on any atom is -0.461 e. The van der Waals surface area contributed by atoms with Crippen LogP contribution in [0.25, 0.3) is 11.0 Å². The van der Waals surface area contributed by atoms with Crippen molar-refractivity contribution in [2.24, 2.45) is 4.99 Å². The number of piperidine rings is 1. The van der Waals surface area contributed by atoms with E-state index in [1.54, 1.807) is 0 Å². The third kappa shape index (κ3) is 5.61. The zero-order chi connectivity index (χ0) is 17.5. The van der Waals surface area contributed by atoms with E-state index in [2.05, 4.69) is 36.2 Å². The summed E-state index contributed by atoms with van der Waals surface area (Å²) >= 11 is 0. The average molecular weight is 471 g/mol. The number of furan rings is 1. The van der Waals surface area contributed by atoms with Gasteiger partial charge in [-0.05, 0) is 38.8 Å². The number of nitrogens with one attached hydrogen (secondary N) is 1. The Morgan fingerprint density at radius 1 is 1.27 bits per heavy atom. The number of halogens is 1. The number of rotatable bonds is 6. The molecule has 0 radical (unpaired) electrons. The van der Waals surface area contributed by atoms with Crippen LogP contribution in [0.5, 0.6) is 0 Å². The Morgan fingerprint density at radius 2 is 2.04 bits per heavy atom. The molecule has 0 amide bonds. The molecule has 1 fully saturated rings. The van der Waals surface area contributed by atoms with Gasteiger partial charge in [0.25, 0.3) is 0 Å². The Kier molecular flexibility index (Phi) is 8.71. The van der Waals surface area contributed by atoms with E-state index in [0.29, 0.717) is 6.10 Å². The van der Waals surface area contributed by atoms with Gasteiger partial charge in [-0.3, -0.25) is 4.99 Å². The van der Waals surface area contributed by atoms with Crippen LogP contribution in [0.3, 0.4) is 0 Å². The summed E-state index contributed by atoms with van der Waals surface area (Å²) in [4.78, 5) is 7.15. The molecule has 1 saturated heterocycles. The maximum absolute atomic E-state index is 5.88. The van der Waals surface area contributed by atoms with E-state index >= 15 is 0 Å². The molecule has 1 aliphatic rings. The number of nitrogens with zero attached hydrogens (tertiary/aromatic N) is 2. The molecule has 0 atom stereocenters. The van der Waals surface area contributed by atoms with Crippen molar-refractivity contribution in [3.63, 3.8) is 0 Å². The van der Waals surface area contributed by atoms with Gasteiger partial charge in [0, 0.05) is 44.6 Å². The lowest BCUT2D eigenvalue weighted by Gasteiger charge is -2.34. The summed E-state index contributed by atoms with van der Waals surface area (Å²) in [6, 6.07) is 10.2. The lowest BCUT2D eigenvalue weighted by molar-refractivity contribution is 0.0264. The van der Waals surface area contributed by atoms with Gasteiger partial charge in [-0.1, -0.05) is 18.2 Å². The fourth-order valence-corrected chi connectivity index (χ4v) is 3.33. The second-order valence-electron chi connectivity index (χ2n) is 6.38. The fourth-order valence-electron chi connectivity index (χ4n) is 3.33. The molecule has 5 nitrogen and oxygen atoms in total. The molecule has 0 bridgehead atoms. The summed E-state index contributed by atoms with van der Waals surface area (Å²) < 4.78 is 11.6. The van der Waals surface area contributed by atoms with Gasteiger partial charge < -0.3 is 19.4 Å². The molecule has 2 heterocycles. The minimum atomic E-state index is 0. The second-order valence-corrected chi connectivity index (χ2v) is 6.38. The molecule has 26 heavy (non-hydrogen) atoms. The highest BCUT2D eigenvalue weighted by Crippen LogP contribution is 2.19. The molecule has 2 aromatic rings. The molecular formula is C20H30IN3O2. The van der Waals surface area contributed by atoms with Gasteiger partial charge in [0.15, 0.2) is 5.96 Å². The lowest BCUT2D eigenvalue weighted by Crippen LogP contribution is -2.47. The van der Waals surface area contributed by atoms with E-state index in [9.17, 15) is 0 Å². The molecule has 144 valence electrons. The van der Waals surface area contributed by atoms with Crippen molar-refractivity contribution in [2.45, 2.75) is 39.2 Å². The molecule has 3 rings (SSSR count). The van der Waals surface area contributed by atoms with Crippen molar-refractivity contribution in [3.05, 3.63) is 36.1 Å². The Hall–Kier alpha value is -1.28. The van der Waals surface area contributed by atoms with Gasteiger partial charge >= 0.3 is 0 Å². The molecule has 1 aromatic heterocycles. The molecule has 0 aliphatic carbocycles. The van der Waals surface area contributed by atoms with Gasteiger partial charge in [-0.2, -0.15) is 0 Å². The highest BCUT2D eigenvalue weighted by atomic mass is 127. The molecule has 0 spiro atoms. The van der Waals surface area contributed by atoms with Gasteiger partial charge in [0.1, 0.15) is 11.3 Å². The Bertz CT molecular complexity index is 660. The number of benzene rings is 1. The van der Waals surface area contributed by atoms with E-state index in [1.165, 1.54) is 0 Å². The van der Waals surface area contributed by atoms with Crippen LogP contribution >= 0.6 is 24.0 Å². The van der Waals surface area contributed by atoms with Gasteiger partial charge in [0.2, 0.25) is 0 Å². The number of hydrogen-bond acceptors (Lipinski definition) is 3. The summed E-state index contributed by atoms with van der Waals surface area (Å²) in [5.74, 6) is 2.00. The molecule has 0 saturated carbocycles. The zero-order valence-corrected chi connectivity index (χ0v) is 18.1. The predicted octanol–water partition coefficient (Wildman–Crippen LogP) is 4.06. The molecule has 0 unspecified atom stereocenters. The smallest absolute Gasteiger partial charge is 0.193 e. The summed E-state index contributed by atoms with van der Waals surface area (Å²) in [6.45, 7) is 8.60. The second kappa shape index (κ2) is 10.8. The van der Waals surface area contributed by atoms with Crippen LogP contribution in [0, 0.1) is 0 Å². The van der Waals surface area contributed by atoms with Crippen molar-refractivity contribution >= 4 is 40.9 Å². The van der Waals surface area contributed by atoms with Crippen LogP contribution in [0.15, 0.2) is 39.7 Å². The average Bonchev–Trinajstić information content (AvgIpc) is 3.05. The first-order valence-corrected chi connectivity index (χ1v) is 9.42. The lowest BCUT2D eigenvalue weighted by atomic mass is 10.1. The number of guanidine groups is 1. The quantitative estimate of drug-likeness (QED) is 0.392. The Labute approximate surface area is 173 Å². The van der Waals surface area contributed by atoms with Crippen LogP contribution in [0.1, 0.15) is 32.4 Å². The van der Waals surface area contributed by atoms with Gasteiger partial charge in [-0.15, -0.1) is 24.0 Å². The van der Waals surface area contributed by atoms with Crippen LogP contribution in [0.2, 0.25) is 0 Å². The standard InChI is InChI=1S/C20H29N3O2.HI/c1-3-21-20(23-13-10-17(11-14-23)24-4-2)22-12-9-18-15-16-7-5-6-8-19(16)25-18;/h5-8,15,17H,3-4,9-14H2,1-2H3,(H,21,22);1H. The molecular weight excluding hydrogens is 441 g/mol. The third-order valence-corrected chi connectivity index (χ3v) is 4.58. The molecule has 1 aromatic carbocycles. The normalized spacial score (nSPS) is 15.9. The van der Waals surface area contributed by atoms with Crippen molar-refractivity contribution in [1.82, 2.24) is 10.2 Å². The van der Waals surface area contributed by atoms with Crippen LogP contribution in [-0.2, 0) is 11.2 Å². The molecule has 6 heteroatoms. The molecule has 1 aliphatic heterocycles. The minimum absolute atomic E-state index is 0. The highest BCUT2D eigenvalue weighted by Gasteiger charge is 2.21. The number of ether oxygens (including phenoxy) is 1. The summed E-state index contributed by atoms with van der Waals surface area (Å²) in [7, 11) is 0. The van der Waals surface area contributed by atoms with Crippen molar-refractivity contribution < 1.29 is 9.15 Å². The first kappa shape index (κ1) is 21.0. The maximum Gasteiger partial charge on any atom is 0.193 e. The van der Waals surface area contributed by atoms with Crippen molar-refractivity contribution in [2.75, 3.05) is 32.8 Å². The predicted molar refractivity (Wildman–Crippen MR) is 118 cm³/mol. The first-order valence-electron chi connectivity index (χ1n) is 9.42. The summed E-state index contributed by atoms with van der Waals surface area (Å²) in [6.07, 6.45) is 3.36. The van der Waals surface area contributed by atoms with Crippen LogP contribution in [-0.4, -0.2) is 49.7 Å². The van der Waals surface area contributed by atoms with Crippen LogP contribution in [0.4, 0.5) is 0 Å². The van der Waals surface area contributed by atoms with Crippen molar-refractivity contribution in [1.29, 1.82) is 0 Å². The zero-order valence-electron chi connectivity index (χ0n) is 15.7. The van der Waals surface area contributed by atoms with E-state index in [-0.39, 0.29) is 24.0 Å². The number of hydrogen-bond donors (Lipinski definition) is 1. The highest BCUT2D eigenvalue weighted by molar-refractivity contribution is 14.0. The van der Waals surface area contributed by atoms with E-state index < -0.39 is 0 Å². The maximum atomic E-state index is 5.88. The Morgan fingerprint density at radius 3 is 2.73 bits per heavy atom. The fraction of sp³-hybridized carbons (Fsp3) is 0.550. The Balaban J connectivity index is 0.00000243. The molecule has 1 N–H and O–H groups in total. The third-order valence-electron chi connectivity index (χ3n) is 4.58. The first-order chi connectivity index (χ1) is 12.3. The largest absolute Gasteiger partial charge is 0.461 e. The topological polar surface area (TPSA) is 50.0 Å². The number of para-hydroxylation sites is 1.